The maximum absolute atomic E-state index is 12.4. The Morgan fingerprint density at radius 2 is 1.94 bits per heavy atom. The average Bonchev–Trinajstić information content (AvgIpc) is 2.29. The first kappa shape index (κ1) is 12.8. The SMILES string of the molecule is O=C1CCCC(S(=O)(=O)c2ccccc2Br)C1. The molecule has 5 heteroatoms. The number of sulfone groups is 1. The fourth-order valence-corrected chi connectivity index (χ4v) is 4.92. The van der Waals surface area contributed by atoms with E-state index in [0.29, 0.717) is 28.6 Å². The second-order valence-corrected chi connectivity index (χ2v) is 7.28. The van der Waals surface area contributed by atoms with Gasteiger partial charge in [-0.2, -0.15) is 0 Å². The molecule has 0 radical (unpaired) electrons. The van der Waals surface area contributed by atoms with Crippen molar-refractivity contribution in [2.45, 2.75) is 35.8 Å². The molecular formula is C12H13BrO3S. The Kier molecular flexibility index (Phi) is 3.68. The van der Waals surface area contributed by atoms with Crippen LogP contribution in [0.3, 0.4) is 0 Å². The molecule has 92 valence electrons. The summed E-state index contributed by atoms with van der Waals surface area (Å²) in [6, 6.07) is 6.76. The predicted molar refractivity (Wildman–Crippen MR) is 68.6 cm³/mol. The molecule has 1 aliphatic rings. The van der Waals surface area contributed by atoms with Crippen molar-refractivity contribution in [2.24, 2.45) is 0 Å². The lowest BCUT2D eigenvalue weighted by molar-refractivity contribution is -0.120. The first-order valence-electron chi connectivity index (χ1n) is 5.52. The molecule has 2 rings (SSSR count). The van der Waals surface area contributed by atoms with Crippen LogP contribution in [0.2, 0.25) is 0 Å². The first-order valence-corrected chi connectivity index (χ1v) is 7.86. The fourth-order valence-electron chi connectivity index (χ4n) is 2.10. The molecule has 1 aromatic carbocycles. The average molecular weight is 317 g/mol. The Labute approximate surface area is 109 Å². The highest BCUT2D eigenvalue weighted by Gasteiger charge is 2.33. The Balaban J connectivity index is 2.36. The fraction of sp³-hybridized carbons (Fsp3) is 0.417. The maximum atomic E-state index is 12.4. The predicted octanol–water partition coefficient (Wildman–Crippen LogP) is 2.73. The van der Waals surface area contributed by atoms with Gasteiger partial charge in [0.25, 0.3) is 0 Å². The highest BCUT2D eigenvalue weighted by Crippen LogP contribution is 2.30. The lowest BCUT2D eigenvalue weighted by atomic mass is 9.99. The first-order chi connectivity index (χ1) is 8.01. The van der Waals surface area contributed by atoms with Crippen LogP contribution in [-0.2, 0) is 14.6 Å². The molecule has 0 spiro atoms. The van der Waals surface area contributed by atoms with Gasteiger partial charge in [0, 0.05) is 17.3 Å². The van der Waals surface area contributed by atoms with Crippen LogP contribution in [0.4, 0.5) is 0 Å². The van der Waals surface area contributed by atoms with Gasteiger partial charge < -0.3 is 0 Å². The van der Waals surface area contributed by atoms with Gasteiger partial charge in [-0.15, -0.1) is 0 Å². The highest BCUT2D eigenvalue weighted by atomic mass is 79.9. The molecule has 17 heavy (non-hydrogen) atoms. The largest absolute Gasteiger partial charge is 0.300 e. The Morgan fingerprint density at radius 1 is 1.24 bits per heavy atom. The van der Waals surface area contributed by atoms with Gasteiger partial charge in [0.1, 0.15) is 5.78 Å². The number of rotatable bonds is 2. The van der Waals surface area contributed by atoms with Crippen LogP contribution in [0.1, 0.15) is 25.7 Å². The second kappa shape index (κ2) is 4.90. The van der Waals surface area contributed by atoms with Gasteiger partial charge in [-0.25, -0.2) is 8.42 Å². The molecule has 1 atom stereocenters. The van der Waals surface area contributed by atoms with E-state index in [4.69, 9.17) is 0 Å². The van der Waals surface area contributed by atoms with E-state index >= 15 is 0 Å². The third kappa shape index (κ3) is 2.60. The number of carbonyl (C=O) groups is 1. The highest BCUT2D eigenvalue weighted by molar-refractivity contribution is 9.10. The van der Waals surface area contributed by atoms with Gasteiger partial charge in [-0.05, 0) is 40.9 Å². The van der Waals surface area contributed by atoms with Gasteiger partial charge in [0.15, 0.2) is 9.84 Å². The van der Waals surface area contributed by atoms with Crippen molar-refractivity contribution in [2.75, 3.05) is 0 Å². The Bertz CT molecular complexity index is 536. The number of carbonyl (C=O) groups excluding carboxylic acids is 1. The molecule has 0 aliphatic heterocycles. The van der Waals surface area contributed by atoms with E-state index in [2.05, 4.69) is 15.9 Å². The smallest absolute Gasteiger partial charge is 0.182 e. The van der Waals surface area contributed by atoms with Crippen molar-refractivity contribution in [3.8, 4) is 0 Å². The molecule has 1 aliphatic carbocycles. The molecule has 1 fully saturated rings. The Morgan fingerprint density at radius 3 is 2.59 bits per heavy atom. The lowest BCUT2D eigenvalue weighted by Crippen LogP contribution is -2.28. The molecule has 1 aromatic rings. The van der Waals surface area contributed by atoms with Crippen LogP contribution in [0.25, 0.3) is 0 Å². The van der Waals surface area contributed by atoms with E-state index in [1.807, 2.05) is 0 Å². The third-order valence-corrected chi connectivity index (χ3v) is 6.22. The van der Waals surface area contributed by atoms with Gasteiger partial charge in [-0.1, -0.05) is 12.1 Å². The summed E-state index contributed by atoms with van der Waals surface area (Å²) in [5.41, 5.74) is 0. The molecule has 1 saturated carbocycles. The normalized spacial score (nSPS) is 21.5. The molecule has 0 amide bonds. The topological polar surface area (TPSA) is 51.2 Å². The van der Waals surface area contributed by atoms with Crippen molar-refractivity contribution < 1.29 is 13.2 Å². The summed E-state index contributed by atoms with van der Waals surface area (Å²) in [6.45, 7) is 0. The third-order valence-electron chi connectivity index (χ3n) is 3.02. The van der Waals surface area contributed by atoms with E-state index in [1.54, 1.807) is 24.3 Å². The summed E-state index contributed by atoms with van der Waals surface area (Å²) in [5.74, 6) is 0.0527. The monoisotopic (exact) mass is 316 g/mol. The van der Waals surface area contributed by atoms with Crippen molar-refractivity contribution >= 4 is 31.6 Å². The molecule has 0 aromatic heterocycles. The van der Waals surface area contributed by atoms with Crippen LogP contribution >= 0.6 is 15.9 Å². The zero-order chi connectivity index (χ0) is 12.5. The van der Waals surface area contributed by atoms with Crippen LogP contribution in [-0.4, -0.2) is 19.5 Å². The minimum atomic E-state index is -3.39. The summed E-state index contributed by atoms with van der Waals surface area (Å²) in [6.07, 6.45) is 1.92. The minimum absolute atomic E-state index is 0.0527. The van der Waals surface area contributed by atoms with Gasteiger partial charge in [0.2, 0.25) is 0 Å². The van der Waals surface area contributed by atoms with Crippen LogP contribution in [0, 0.1) is 0 Å². The maximum Gasteiger partial charge on any atom is 0.182 e. The number of Topliss-reactive ketones (excluding diaryl/α,β-unsaturated/α-hetero) is 1. The van der Waals surface area contributed by atoms with Crippen molar-refractivity contribution in [1.82, 2.24) is 0 Å². The minimum Gasteiger partial charge on any atom is -0.300 e. The number of halogens is 1. The van der Waals surface area contributed by atoms with Gasteiger partial charge >= 0.3 is 0 Å². The van der Waals surface area contributed by atoms with E-state index in [1.165, 1.54) is 0 Å². The summed E-state index contributed by atoms with van der Waals surface area (Å²) >= 11 is 3.25. The molecule has 1 unspecified atom stereocenters. The van der Waals surface area contributed by atoms with E-state index in [0.717, 1.165) is 0 Å². The van der Waals surface area contributed by atoms with Crippen molar-refractivity contribution in [1.29, 1.82) is 0 Å². The van der Waals surface area contributed by atoms with E-state index < -0.39 is 15.1 Å². The number of benzene rings is 1. The van der Waals surface area contributed by atoms with E-state index in [-0.39, 0.29) is 12.2 Å². The zero-order valence-electron chi connectivity index (χ0n) is 9.23. The van der Waals surface area contributed by atoms with Gasteiger partial charge in [-0.3, -0.25) is 4.79 Å². The van der Waals surface area contributed by atoms with E-state index in [9.17, 15) is 13.2 Å². The summed E-state index contributed by atoms with van der Waals surface area (Å²) < 4.78 is 25.3. The van der Waals surface area contributed by atoms with Crippen molar-refractivity contribution in [3.05, 3.63) is 28.7 Å². The molecule has 3 nitrogen and oxygen atoms in total. The molecule has 0 N–H and O–H groups in total. The summed E-state index contributed by atoms with van der Waals surface area (Å²) in [4.78, 5) is 11.7. The molecular weight excluding hydrogens is 304 g/mol. The summed E-state index contributed by atoms with van der Waals surface area (Å²) in [5, 5.41) is -0.553. The van der Waals surface area contributed by atoms with Gasteiger partial charge in [0.05, 0.1) is 10.1 Å². The quantitative estimate of drug-likeness (QED) is 0.843. The number of hydrogen-bond acceptors (Lipinski definition) is 3. The Hall–Kier alpha value is -0.680. The zero-order valence-corrected chi connectivity index (χ0v) is 11.6. The van der Waals surface area contributed by atoms with Crippen LogP contribution in [0.5, 0.6) is 0 Å². The summed E-state index contributed by atoms with van der Waals surface area (Å²) in [7, 11) is -3.39. The standard InChI is InChI=1S/C12H13BrO3S/c13-11-6-1-2-7-12(11)17(15,16)10-5-3-4-9(14)8-10/h1-2,6-7,10H,3-5,8H2. The lowest BCUT2D eigenvalue weighted by Gasteiger charge is -2.21. The van der Waals surface area contributed by atoms with Crippen LogP contribution < -0.4 is 0 Å². The molecule has 0 heterocycles. The van der Waals surface area contributed by atoms with Crippen molar-refractivity contribution in [3.63, 3.8) is 0 Å². The molecule has 0 saturated heterocycles. The van der Waals surface area contributed by atoms with Crippen LogP contribution in [0.15, 0.2) is 33.6 Å². The number of ketones is 1. The molecule has 0 bridgehead atoms. The second-order valence-electron chi connectivity index (χ2n) is 4.23. The number of hydrogen-bond donors (Lipinski definition) is 0.